The fraction of sp³-hybridized carbons (Fsp3) is 0.857. The van der Waals surface area contributed by atoms with Crippen molar-refractivity contribution >= 4 is 11.9 Å². The van der Waals surface area contributed by atoms with Gasteiger partial charge in [0.2, 0.25) is 5.91 Å². The summed E-state index contributed by atoms with van der Waals surface area (Å²) in [5, 5.41) is 11.6. The zero-order valence-corrected chi connectivity index (χ0v) is 12.5. The Hall–Kier alpha value is -1.10. The van der Waals surface area contributed by atoms with E-state index < -0.39 is 12.0 Å². The molecule has 0 bridgehead atoms. The van der Waals surface area contributed by atoms with Crippen LogP contribution in [0.3, 0.4) is 0 Å². The molecular weight excluding hydrogens is 244 g/mol. The van der Waals surface area contributed by atoms with Gasteiger partial charge in [0, 0.05) is 13.0 Å². The van der Waals surface area contributed by atoms with Crippen molar-refractivity contribution in [1.82, 2.24) is 5.32 Å². The predicted octanol–water partition coefficient (Wildman–Crippen LogP) is 1.61. The molecule has 0 unspecified atom stereocenters. The van der Waals surface area contributed by atoms with Gasteiger partial charge in [-0.15, -0.1) is 0 Å². The van der Waals surface area contributed by atoms with E-state index in [4.69, 9.17) is 10.8 Å². The molecule has 0 radical (unpaired) electrons. The second-order valence-electron chi connectivity index (χ2n) is 6.07. The van der Waals surface area contributed by atoms with E-state index in [0.717, 1.165) is 6.42 Å². The van der Waals surface area contributed by atoms with Crippen molar-refractivity contribution in [1.29, 1.82) is 0 Å². The van der Waals surface area contributed by atoms with E-state index >= 15 is 0 Å². The summed E-state index contributed by atoms with van der Waals surface area (Å²) < 4.78 is 0. The first-order chi connectivity index (χ1) is 8.72. The van der Waals surface area contributed by atoms with Gasteiger partial charge in [-0.2, -0.15) is 0 Å². The summed E-state index contributed by atoms with van der Waals surface area (Å²) in [6, 6.07) is -0.510. The molecule has 0 aromatic heterocycles. The quantitative estimate of drug-likeness (QED) is 0.594. The average Bonchev–Trinajstić information content (AvgIpc) is 2.22. The first-order valence-corrected chi connectivity index (χ1v) is 6.97. The Labute approximate surface area is 115 Å². The zero-order valence-electron chi connectivity index (χ0n) is 12.5. The maximum atomic E-state index is 11.8. The summed E-state index contributed by atoms with van der Waals surface area (Å²) in [6.07, 6.45) is 1.50. The van der Waals surface area contributed by atoms with Gasteiger partial charge in [0.25, 0.3) is 0 Å². The fourth-order valence-corrected chi connectivity index (χ4v) is 2.14. The Morgan fingerprint density at radius 3 is 2.05 bits per heavy atom. The lowest BCUT2D eigenvalue weighted by atomic mass is 9.94. The Morgan fingerprint density at radius 2 is 1.63 bits per heavy atom. The number of hydrogen-bond acceptors (Lipinski definition) is 3. The molecule has 0 aromatic rings. The Bertz CT molecular complexity index is 290. The maximum absolute atomic E-state index is 11.8. The molecule has 4 N–H and O–H groups in total. The molecule has 0 aliphatic rings. The summed E-state index contributed by atoms with van der Waals surface area (Å²) in [6.45, 7) is 8.50. The van der Waals surface area contributed by atoms with Gasteiger partial charge in [0.15, 0.2) is 0 Å². The third-order valence-electron chi connectivity index (χ3n) is 2.90. The van der Waals surface area contributed by atoms with Crippen LogP contribution in [0.15, 0.2) is 0 Å². The van der Waals surface area contributed by atoms with Gasteiger partial charge in [-0.3, -0.25) is 9.59 Å². The Morgan fingerprint density at radius 1 is 1.11 bits per heavy atom. The Balaban J connectivity index is 4.22. The van der Waals surface area contributed by atoms with E-state index in [9.17, 15) is 9.59 Å². The number of amides is 1. The largest absolute Gasteiger partial charge is 0.481 e. The fourth-order valence-electron chi connectivity index (χ4n) is 2.14. The second-order valence-corrected chi connectivity index (χ2v) is 6.07. The van der Waals surface area contributed by atoms with Crippen molar-refractivity contribution < 1.29 is 14.7 Å². The normalized spacial score (nSPS) is 14.5. The number of nitrogens with one attached hydrogen (secondary N) is 1. The topological polar surface area (TPSA) is 92.4 Å². The predicted molar refractivity (Wildman–Crippen MR) is 75.6 cm³/mol. The average molecular weight is 272 g/mol. The SMILES string of the molecule is CC(C)C[C@@H](CNC(=O)[C@H](N)CC(C)C)CC(=O)O. The van der Waals surface area contributed by atoms with Gasteiger partial charge >= 0.3 is 5.97 Å². The molecule has 0 rings (SSSR count). The third-order valence-corrected chi connectivity index (χ3v) is 2.90. The van der Waals surface area contributed by atoms with Crippen LogP contribution in [0.1, 0.15) is 47.0 Å². The monoisotopic (exact) mass is 272 g/mol. The van der Waals surface area contributed by atoms with Crippen LogP contribution in [-0.2, 0) is 9.59 Å². The van der Waals surface area contributed by atoms with Crippen molar-refractivity contribution in [2.75, 3.05) is 6.54 Å². The molecule has 0 spiro atoms. The number of carboxylic acids is 1. The highest BCUT2D eigenvalue weighted by atomic mass is 16.4. The van der Waals surface area contributed by atoms with Crippen LogP contribution >= 0.6 is 0 Å². The van der Waals surface area contributed by atoms with Crippen LogP contribution < -0.4 is 11.1 Å². The van der Waals surface area contributed by atoms with E-state index in [0.29, 0.717) is 24.8 Å². The summed E-state index contributed by atoms with van der Waals surface area (Å²) >= 11 is 0. The maximum Gasteiger partial charge on any atom is 0.303 e. The first kappa shape index (κ1) is 17.9. The van der Waals surface area contributed by atoms with Crippen LogP contribution in [0.2, 0.25) is 0 Å². The van der Waals surface area contributed by atoms with Gasteiger partial charge in [-0.05, 0) is 30.6 Å². The number of nitrogens with two attached hydrogens (primary N) is 1. The highest BCUT2D eigenvalue weighted by molar-refractivity contribution is 5.81. The molecule has 0 aliphatic carbocycles. The molecule has 0 aromatic carbocycles. The van der Waals surface area contributed by atoms with Crippen molar-refractivity contribution in [3.05, 3.63) is 0 Å². The summed E-state index contributed by atoms with van der Waals surface area (Å²) in [5.41, 5.74) is 5.78. The van der Waals surface area contributed by atoms with Gasteiger partial charge in [0.05, 0.1) is 6.04 Å². The number of aliphatic carboxylic acids is 1. The summed E-state index contributed by atoms with van der Waals surface area (Å²) in [4.78, 5) is 22.5. The number of carbonyl (C=O) groups is 2. The molecule has 0 aliphatic heterocycles. The van der Waals surface area contributed by atoms with Crippen LogP contribution in [0.4, 0.5) is 0 Å². The van der Waals surface area contributed by atoms with Crippen molar-refractivity contribution in [2.45, 2.75) is 53.0 Å². The molecule has 0 heterocycles. The highest BCUT2D eigenvalue weighted by Crippen LogP contribution is 2.15. The van der Waals surface area contributed by atoms with Crippen molar-refractivity contribution in [3.8, 4) is 0 Å². The van der Waals surface area contributed by atoms with Gasteiger partial charge in [-0.25, -0.2) is 0 Å². The second kappa shape index (κ2) is 8.91. The lowest BCUT2D eigenvalue weighted by Gasteiger charge is -2.20. The molecule has 1 amide bonds. The van der Waals surface area contributed by atoms with Gasteiger partial charge in [-0.1, -0.05) is 27.7 Å². The van der Waals surface area contributed by atoms with E-state index in [1.54, 1.807) is 0 Å². The highest BCUT2D eigenvalue weighted by Gasteiger charge is 2.19. The van der Waals surface area contributed by atoms with Gasteiger partial charge < -0.3 is 16.2 Å². The molecular formula is C14H28N2O3. The van der Waals surface area contributed by atoms with Crippen LogP contribution in [0.5, 0.6) is 0 Å². The minimum absolute atomic E-state index is 0.0345. The minimum atomic E-state index is -0.827. The third kappa shape index (κ3) is 9.47. The molecule has 2 atom stereocenters. The van der Waals surface area contributed by atoms with Crippen LogP contribution in [0.25, 0.3) is 0 Å². The van der Waals surface area contributed by atoms with Crippen molar-refractivity contribution in [2.24, 2.45) is 23.5 Å². The lowest BCUT2D eigenvalue weighted by Crippen LogP contribution is -2.43. The van der Waals surface area contributed by atoms with Crippen molar-refractivity contribution in [3.63, 3.8) is 0 Å². The standard InChI is InChI=1S/C14H28N2O3/c1-9(2)5-11(7-13(17)18)8-16-14(19)12(15)6-10(3)4/h9-12H,5-8,15H2,1-4H3,(H,16,19)(H,17,18)/t11-,12-/m1/s1. The van der Waals surface area contributed by atoms with E-state index in [1.807, 2.05) is 27.7 Å². The minimum Gasteiger partial charge on any atom is -0.481 e. The van der Waals surface area contributed by atoms with E-state index in [1.165, 1.54) is 0 Å². The molecule has 112 valence electrons. The zero-order chi connectivity index (χ0) is 15.0. The number of carboxylic acid groups (broad SMARTS) is 1. The first-order valence-electron chi connectivity index (χ1n) is 6.97. The van der Waals surface area contributed by atoms with Crippen LogP contribution in [0, 0.1) is 17.8 Å². The number of carbonyl (C=O) groups excluding carboxylic acids is 1. The molecule has 0 fully saturated rings. The molecule has 0 saturated carbocycles. The molecule has 0 saturated heterocycles. The van der Waals surface area contributed by atoms with Crippen LogP contribution in [-0.4, -0.2) is 29.6 Å². The number of hydrogen-bond donors (Lipinski definition) is 3. The number of rotatable bonds is 9. The van der Waals surface area contributed by atoms with E-state index in [-0.39, 0.29) is 18.2 Å². The summed E-state index contributed by atoms with van der Waals surface area (Å²) in [7, 11) is 0. The Kier molecular flexibility index (Phi) is 8.39. The molecule has 19 heavy (non-hydrogen) atoms. The van der Waals surface area contributed by atoms with Gasteiger partial charge in [0.1, 0.15) is 0 Å². The smallest absolute Gasteiger partial charge is 0.303 e. The summed E-state index contributed by atoms with van der Waals surface area (Å²) in [5.74, 6) is -0.274. The molecule has 5 heteroatoms. The van der Waals surface area contributed by atoms with E-state index in [2.05, 4.69) is 5.32 Å². The molecule has 5 nitrogen and oxygen atoms in total. The lowest BCUT2D eigenvalue weighted by molar-refractivity contribution is -0.138.